The van der Waals surface area contributed by atoms with E-state index in [4.69, 9.17) is 18.9 Å². The second-order valence-corrected chi connectivity index (χ2v) is 5.76. The van der Waals surface area contributed by atoms with Gasteiger partial charge in [0.15, 0.2) is 12.2 Å². The van der Waals surface area contributed by atoms with Crippen LogP contribution in [0.4, 0.5) is 0 Å². The third-order valence-electron chi connectivity index (χ3n) is 3.32. The number of Topliss-reactive ketones (excluding diaryl/α,β-unsaturated/α-hetero) is 1. The summed E-state index contributed by atoms with van der Waals surface area (Å²) < 4.78 is 20.0. The highest BCUT2D eigenvalue weighted by molar-refractivity contribution is 5.91. The van der Waals surface area contributed by atoms with Gasteiger partial charge in [0.2, 0.25) is 11.9 Å². The minimum atomic E-state index is -1.54. The van der Waals surface area contributed by atoms with Crippen molar-refractivity contribution in [2.75, 3.05) is 0 Å². The maximum Gasteiger partial charge on any atom is 0.331 e. The van der Waals surface area contributed by atoms with E-state index in [-0.39, 0.29) is 0 Å². The fourth-order valence-corrected chi connectivity index (χ4v) is 2.28. The molecule has 27 heavy (non-hydrogen) atoms. The monoisotopic (exact) mass is 382 g/mol. The van der Waals surface area contributed by atoms with Crippen molar-refractivity contribution in [3.63, 3.8) is 0 Å². The zero-order valence-electron chi connectivity index (χ0n) is 15.5. The molecule has 0 spiro atoms. The molecule has 0 aromatic rings. The van der Waals surface area contributed by atoms with Crippen molar-refractivity contribution in [1.82, 2.24) is 0 Å². The van der Waals surface area contributed by atoms with Gasteiger partial charge < -0.3 is 18.9 Å². The Balaban J connectivity index is 3.06. The quantitative estimate of drug-likeness (QED) is 0.341. The Morgan fingerprint density at radius 2 is 1.67 bits per heavy atom. The molecule has 0 saturated carbocycles. The summed E-state index contributed by atoms with van der Waals surface area (Å²) in [7, 11) is 0. The van der Waals surface area contributed by atoms with Crippen molar-refractivity contribution in [3.05, 3.63) is 24.3 Å². The van der Waals surface area contributed by atoms with E-state index in [1.165, 1.54) is 25.2 Å². The molecule has 0 aromatic heterocycles. The van der Waals surface area contributed by atoms with Crippen LogP contribution in [0.15, 0.2) is 24.3 Å². The van der Waals surface area contributed by atoms with E-state index in [1.54, 1.807) is 6.08 Å². The molecule has 0 unspecified atom stereocenters. The third-order valence-corrected chi connectivity index (χ3v) is 3.32. The predicted octanol–water partition coefficient (Wildman–Crippen LogP) is 0.798. The van der Waals surface area contributed by atoms with Gasteiger partial charge in [-0.25, -0.2) is 4.79 Å². The van der Waals surface area contributed by atoms with Crippen LogP contribution in [-0.2, 0) is 42.9 Å². The summed E-state index contributed by atoms with van der Waals surface area (Å²) in [4.78, 5) is 57.8. The molecule has 0 aromatic carbocycles. The number of ketones is 1. The van der Waals surface area contributed by atoms with Crippen molar-refractivity contribution >= 4 is 29.7 Å². The third kappa shape index (κ3) is 7.85. The van der Waals surface area contributed by atoms with Crippen molar-refractivity contribution in [1.29, 1.82) is 0 Å². The largest absolute Gasteiger partial charge is 0.455 e. The van der Waals surface area contributed by atoms with Crippen molar-refractivity contribution in [3.8, 4) is 0 Å². The van der Waals surface area contributed by atoms with Gasteiger partial charge in [-0.3, -0.25) is 19.2 Å². The van der Waals surface area contributed by atoms with E-state index in [0.717, 1.165) is 20.8 Å². The highest BCUT2D eigenvalue weighted by atomic mass is 16.6. The highest BCUT2D eigenvalue weighted by Gasteiger charge is 2.36. The number of esters is 4. The van der Waals surface area contributed by atoms with Gasteiger partial charge in [-0.2, -0.15) is 0 Å². The molecule has 1 heterocycles. The summed E-state index contributed by atoms with van der Waals surface area (Å²) in [6, 6.07) is 0. The second-order valence-electron chi connectivity index (χ2n) is 5.76. The topological polar surface area (TPSA) is 122 Å². The number of carbonyl (C=O) groups is 5. The minimum absolute atomic E-state index is 0.394. The molecule has 9 nitrogen and oxygen atoms in total. The Morgan fingerprint density at radius 3 is 2.19 bits per heavy atom. The van der Waals surface area contributed by atoms with Crippen LogP contribution in [0, 0.1) is 0 Å². The lowest BCUT2D eigenvalue weighted by atomic mass is 10.0. The molecular formula is C18H22O9. The predicted molar refractivity (Wildman–Crippen MR) is 90.1 cm³/mol. The molecule has 1 aliphatic heterocycles. The molecule has 4 atom stereocenters. The van der Waals surface area contributed by atoms with Gasteiger partial charge in [-0.15, -0.1) is 0 Å². The molecule has 1 aliphatic rings. The molecule has 0 fully saturated rings. The van der Waals surface area contributed by atoms with E-state index in [1.807, 2.05) is 0 Å². The molecule has 0 saturated heterocycles. The van der Waals surface area contributed by atoms with Crippen LogP contribution in [-0.4, -0.2) is 54.1 Å². The van der Waals surface area contributed by atoms with E-state index < -0.39 is 54.1 Å². The lowest BCUT2D eigenvalue weighted by Gasteiger charge is -2.25. The van der Waals surface area contributed by atoms with Crippen LogP contribution >= 0.6 is 0 Å². The summed E-state index contributed by atoms with van der Waals surface area (Å²) in [5.41, 5.74) is 0. The Hall–Kier alpha value is -2.97. The summed E-state index contributed by atoms with van der Waals surface area (Å²) in [6.45, 7) is 4.63. The molecule has 0 amide bonds. The van der Waals surface area contributed by atoms with E-state index in [9.17, 15) is 24.0 Å². The van der Waals surface area contributed by atoms with Crippen LogP contribution < -0.4 is 0 Å². The standard InChI is InChI=1S/C18H22O9/c1-10(24-11(2)19)17(23)18(26-13(4)21)15(25-12(3)20)9-8-14-6-5-7-16(22)27-14/h5,7-10,14-15,18H,6H2,1-4H3/b9-8-/t10-,14+,15+,18+/m0/s1. The van der Waals surface area contributed by atoms with Crippen LogP contribution in [0.25, 0.3) is 0 Å². The van der Waals surface area contributed by atoms with Crippen LogP contribution in [0.3, 0.4) is 0 Å². The van der Waals surface area contributed by atoms with Crippen molar-refractivity contribution < 1.29 is 42.9 Å². The first kappa shape index (κ1) is 22.1. The highest BCUT2D eigenvalue weighted by Crippen LogP contribution is 2.15. The fraction of sp³-hybridized carbons (Fsp3) is 0.500. The van der Waals surface area contributed by atoms with Gasteiger partial charge in [0.05, 0.1) is 0 Å². The van der Waals surface area contributed by atoms with Crippen molar-refractivity contribution in [2.45, 2.75) is 58.5 Å². The van der Waals surface area contributed by atoms with E-state index in [2.05, 4.69) is 0 Å². The van der Waals surface area contributed by atoms with Gasteiger partial charge in [0.1, 0.15) is 6.10 Å². The summed E-state index contributed by atoms with van der Waals surface area (Å²) in [5.74, 6) is -3.51. The first-order valence-corrected chi connectivity index (χ1v) is 8.21. The summed E-state index contributed by atoms with van der Waals surface area (Å²) in [6.07, 6.45) is 1.32. The number of cyclic esters (lactones) is 1. The Labute approximate surface area is 156 Å². The lowest BCUT2D eigenvalue weighted by Crippen LogP contribution is -2.45. The zero-order valence-corrected chi connectivity index (χ0v) is 15.5. The molecule has 0 bridgehead atoms. The number of carbonyl (C=O) groups excluding carboxylic acids is 5. The maximum absolute atomic E-state index is 12.6. The summed E-state index contributed by atoms with van der Waals surface area (Å²) >= 11 is 0. The molecular weight excluding hydrogens is 360 g/mol. The Kier molecular flexibility index (Phi) is 8.37. The van der Waals surface area contributed by atoms with Crippen LogP contribution in [0.2, 0.25) is 0 Å². The SMILES string of the molecule is CC(=O)O[C@@H](C)C(=O)[C@H](OC(C)=O)[C@@H](/C=C\[C@H]1CC=CC(=O)O1)OC(C)=O. The number of rotatable bonds is 8. The molecule has 1 rings (SSSR count). The number of hydrogen-bond donors (Lipinski definition) is 0. The second kappa shape index (κ2) is 10.2. The number of ether oxygens (including phenoxy) is 4. The van der Waals surface area contributed by atoms with Gasteiger partial charge in [0.25, 0.3) is 0 Å². The molecule has 0 N–H and O–H groups in total. The normalized spacial score (nSPS) is 19.6. The van der Waals surface area contributed by atoms with Crippen molar-refractivity contribution in [2.24, 2.45) is 0 Å². The Bertz CT molecular complexity index is 662. The number of hydrogen-bond acceptors (Lipinski definition) is 9. The zero-order chi connectivity index (χ0) is 20.6. The maximum atomic E-state index is 12.6. The first-order valence-electron chi connectivity index (χ1n) is 8.21. The van der Waals surface area contributed by atoms with Crippen LogP contribution in [0.1, 0.15) is 34.1 Å². The van der Waals surface area contributed by atoms with E-state index in [0.29, 0.717) is 6.42 Å². The van der Waals surface area contributed by atoms with Gasteiger partial charge in [-0.05, 0) is 19.1 Å². The lowest BCUT2D eigenvalue weighted by molar-refractivity contribution is -0.172. The van der Waals surface area contributed by atoms with Crippen LogP contribution in [0.5, 0.6) is 0 Å². The van der Waals surface area contributed by atoms with Gasteiger partial charge >= 0.3 is 23.9 Å². The molecule has 0 radical (unpaired) electrons. The Morgan fingerprint density at radius 1 is 1.07 bits per heavy atom. The van der Waals surface area contributed by atoms with Gasteiger partial charge in [-0.1, -0.05) is 6.08 Å². The van der Waals surface area contributed by atoms with Gasteiger partial charge in [0, 0.05) is 33.3 Å². The molecule has 0 aliphatic carbocycles. The molecule has 148 valence electrons. The van der Waals surface area contributed by atoms with E-state index >= 15 is 0 Å². The first-order chi connectivity index (χ1) is 12.6. The molecule has 9 heteroatoms. The fourth-order valence-electron chi connectivity index (χ4n) is 2.28. The average molecular weight is 382 g/mol. The average Bonchev–Trinajstić information content (AvgIpc) is 2.55. The minimum Gasteiger partial charge on any atom is -0.455 e. The smallest absolute Gasteiger partial charge is 0.331 e. The summed E-state index contributed by atoms with van der Waals surface area (Å²) in [5, 5.41) is 0.